The lowest BCUT2D eigenvalue weighted by atomic mass is 9.97. The monoisotopic (exact) mass is 533 g/mol. The lowest BCUT2D eigenvalue weighted by Gasteiger charge is -2.27. The van der Waals surface area contributed by atoms with Crippen LogP contribution in [0.4, 0.5) is 9.59 Å². The molecule has 0 fully saturated rings. The van der Waals surface area contributed by atoms with Gasteiger partial charge in [-0.1, -0.05) is 41.4 Å². The van der Waals surface area contributed by atoms with Gasteiger partial charge in [0.05, 0.1) is 21.5 Å². The van der Waals surface area contributed by atoms with E-state index in [1.807, 2.05) is 0 Å². The lowest BCUT2D eigenvalue weighted by Crippen LogP contribution is -2.37. The number of rotatable bonds is 6. The summed E-state index contributed by atoms with van der Waals surface area (Å²) in [5, 5.41) is 9.91. The predicted octanol–water partition coefficient (Wildman–Crippen LogP) is 5.93. The van der Waals surface area contributed by atoms with Crippen LogP contribution >= 0.6 is 23.2 Å². The van der Waals surface area contributed by atoms with Crippen molar-refractivity contribution in [2.24, 2.45) is 0 Å². The lowest BCUT2D eigenvalue weighted by molar-refractivity contribution is 0.0292. The van der Waals surface area contributed by atoms with Crippen LogP contribution < -0.4 is 4.74 Å². The summed E-state index contributed by atoms with van der Waals surface area (Å²) in [6, 6.07) is 11.1. The van der Waals surface area contributed by atoms with E-state index in [2.05, 4.69) is 4.98 Å². The third-order valence-corrected chi connectivity index (χ3v) is 5.64. The first-order valence-electron chi connectivity index (χ1n) is 10.8. The van der Waals surface area contributed by atoms with E-state index in [-0.39, 0.29) is 33.7 Å². The molecule has 36 heavy (non-hydrogen) atoms. The maximum Gasteiger partial charge on any atom is 0.417 e. The maximum atomic E-state index is 12.6. The molecular formula is C25H25Cl2N3O6. The molecule has 0 aliphatic rings. The molecule has 190 valence electrons. The van der Waals surface area contributed by atoms with Crippen molar-refractivity contribution in [3.05, 3.63) is 81.9 Å². The van der Waals surface area contributed by atoms with Crippen molar-refractivity contribution in [1.29, 1.82) is 0 Å². The summed E-state index contributed by atoms with van der Waals surface area (Å²) in [5.41, 5.74) is -0.0175. The number of halogens is 2. The van der Waals surface area contributed by atoms with Crippen molar-refractivity contribution in [2.75, 3.05) is 13.6 Å². The van der Waals surface area contributed by atoms with Gasteiger partial charge in [0.15, 0.2) is 0 Å². The van der Waals surface area contributed by atoms with Gasteiger partial charge in [0, 0.05) is 26.0 Å². The zero-order chi connectivity index (χ0) is 26.6. The average Bonchev–Trinajstić information content (AvgIpc) is 3.26. The molecule has 1 N–H and O–H groups in total. The number of imidazole rings is 1. The fourth-order valence-electron chi connectivity index (χ4n) is 3.38. The minimum Gasteiger partial charge on any atom is -0.464 e. The van der Waals surface area contributed by atoms with Gasteiger partial charge >= 0.3 is 18.2 Å². The predicted molar refractivity (Wildman–Crippen MR) is 134 cm³/mol. The van der Waals surface area contributed by atoms with Crippen molar-refractivity contribution in [1.82, 2.24) is 14.5 Å². The highest BCUT2D eigenvalue weighted by molar-refractivity contribution is 6.39. The first-order valence-corrected chi connectivity index (χ1v) is 11.6. The largest absolute Gasteiger partial charge is 0.464 e. The SMILES string of the molecule is CN(CC(c1ccc(OC(=O)c2c(Cl)cccc2Cl)cc1)c1nccn1C(=O)O)C(=O)OC(C)(C)C. The molecule has 0 aliphatic heterocycles. The fraction of sp³-hybridized carbons (Fsp3) is 0.280. The molecule has 1 atom stereocenters. The quantitative estimate of drug-likeness (QED) is 0.308. The summed E-state index contributed by atoms with van der Waals surface area (Å²) in [4.78, 5) is 42.4. The number of ether oxygens (including phenoxy) is 2. The second-order valence-corrected chi connectivity index (χ2v) is 9.72. The number of likely N-dealkylation sites (N-methyl/N-ethyl adjacent to an activating group) is 1. The molecule has 1 aromatic heterocycles. The van der Waals surface area contributed by atoms with Crippen LogP contribution in [0.3, 0.4) is 0 Å². The van der Waals surface area contributed by atoms with E-state index >= 15 is 0 Å². The molecule has 1 unspecified atom stereocenters. The molecule has 0 spiro atoms. The standard InChI is InChI=1S/C25H25Cl2N3O6/c1-25(2,3)36-24(34)29(4)14-17(21-28-12-13-30(21)23(32)33)15-8-10-16(11-9-15)35-22(31)20-18(26)6-5-7-19(20)27/h5-13,17H,14H2,1-4H3,(H,32,33). The topological polar surface area (TPSA) is 111 Å². The van der Waals surface area contributed by atoms with Crippen molar-refractivity contribution >= 4 is 41.4 Å². The third kappa shape index (κ3) is 6.56. The van der Waals surface area contributed by atoms with E-state index in [0.717, 1.165) is 4.57 Å². The van der Waals surface area contributed by atoms with E-state index in [0.29, 0.717) is 5.56 Å². The maximum absolute atomic E-state index is 12.6. The number of benzene rings is 2. The highest BCUT2D eigenvalue weighted by atomic mass is 35.5. The van der Waals surface area contributed by atoms with Gasteiger partial charge in [0.2, 0.25) is 0 Å². The molecular weight excluding hydrogens is 509 g/mol. The number of nitrogens with zero attached hydrogens (tertiary/aromatic N) is 3. The minimum absolute atomic E-state index is 0.0465. The Morgan fingerprint density at radius 2 is 1.69 bits per heavy atom. The highest BCUT2D eigenvalue weighted by Crippen LogP contribution is 2.29. The van der Waals surface area contributed by atoms with Crippen molar-refractivity contribution in [2.45, 2.75) is 32.3 Å². The van der Waals surface area contributed by atoms with Crippen LogP contribution in [0.5, 0.6) is 5.75 Å². The Morgan fingerprint density at radius 1 is 1.08 bits per heavy atom. The van der Waals surface area contributed by atoms with Gasteiger partial charge < -0.3 is 19.5 Å². The Morgan fingerprint density at radius 3 is 2.25 bits per heavy atom. The molecule has 11 heteroatoms. The van der Waals surface area contributed by atoms with Crippen LogP contribution in [-0.4, -0.2) is 56.9 Å². The van der Waals surface area contributed by atoms with Crippen molar-refractivity contribution in [3.63, 3.8) is 0 Å². The second kappa shape index (κ2) is 11.0. The summed E-state index contributed by atoms with van der Waals surface area (Å²) in [6.07, 6.45) is 0.910. The Labute approximate surface area is 218 Å². The zero-order valence-electron chi connectivity index (χ0n) is 20.1. The number of hydrogen-bond donors (Lipinski definition) is 1. The summed E-state index contributed by atoms with van der Waals surface area (Å²) >= 11 is 12.2. The Balaban J connectivity index is 1.88. The highest BCUT2D eigenvalue weighted by Gasteiger charge is 2.27. The van der Waals surface area contributed by atoms with Crippen LogP contribution in [0.2, 0.25) is 10.0 Å². The molecule has 1 heterocycles. The normalized spacial score (nSPS) is 12.1. The van der Waals surface area contributed by atoms with E-state index in [1.54, 1.807) is 58.2 Å². The summed E-state index contributed by atoms with van der Waals surface area (Å²) in [7, 11) is 1.55. The van der Waals surface area contributed by atoms with Gasteiger partial charge in [-0.3, -0.25) is 0 Å². The molecule has 1 amide bonds. The fourth-order valence-corrected chi connectivity index (χ4v) is 3.93. The molecule has 2 aromatic carbocycles. The van der Waals surface area contributed by atoms with Crippen LogP contribution in [0.1, 0.15) is 48.4 Å². The van der Waals surface area contributed by atoms with E-state index in [1.165, 1.54) is 29.4 Å². The average molecular weight is 534 g/mol. The Kier molecular flexibility index (Phi) is 8.27. The number of hydrogen-bond acceptors (Lipinski definition) is 6. The number of carbonyl (C=O) groups is 3. The number of esters is 1. The van der Waals surface area contributed by atoms with Crippen molar-refractivity contribution < 1.29 is 29.0 Å². The van der Waals surface area contributed by atoms with Gasteiger partial charge in [0.1, 0.15) is 17.2 Å². The van der Waals surface area contributed by atoms with Gasteiger partial charge in [-0.25, -0.2) is 23.9 Å². The van der Waals surface area contributed by atoms with Crippen LogP contribution in [0, 0.1) is 0 Å². The Hall–Kier alpha value is -3.56. The Bertz CT molecular complexity index is 1250. The molecule has 3 aromatic rings. The number of carboxylic acid groups (broad SMARTS) is 1. The van der Waals surface area contributed by atoms with Gasteiger partial charge in [-0.15, -0.1) is 0 Å². The molecule has 0 radical (unpaired) electrons. The van der Waals surface area contributed by atoms with E-state index in [9.17, 15) is 19.5 Å². The van der Waals surface area contributed by atoms with E-state index < -0.39 is 29.7 Å². The number of amides is 1. The van der Waals surface area contributed by atoms with Crippen LogP contribution in [0.15, 0.2) is 54.9 Å². The third-order valence-electron chi connectivity index (χ3n) is 5.01. The van der Waals surface area contributed by atoms with Gasteiger partial charge in [-0.05, 0) is 50.6 Å². The summed E-state index contributed by atoms with van der Waals surface area (Å²) < 4.78 is 11.8. The van der Waals surface area contributed by atoms with Crippen LogP contribution in [-0.2, 0) is 4.74 Å². The molecule has 9 nitrogen and oxygen atoms in total. The molecule has 3 rings (SSSR count). The first kappa shape index (κ1) is 27.0. The summed E-state index contributed by atoms with van der Waals surface area (Å²) in [6.45, 7) is 5.34. The van der Waals surface area contributed by atoms with Crippen LogP contribution in [0.25, 0.3) is 0 Å². The summed E-state index contributed by atoms with van der Waals surface area (Å²) in [5.74, 6) is -0.913. The molecule has 0 saturated heterocycles. The van der Waals surface area contributed by atoms with Gasteiger partial charge in [-0.2, -0.15) is 0 Å². The second-order valence-electron chi connectivity index (χ2n) is 8.91. The van der Waals surface area contributed by atoms with E-state index in [4.69, 9.17) is 32.7 Å². The van der Waals surface area contributed by atoms with Crippen molar-refractivity contribution in [3.8, 4) is 5.75 Å². The smallest absolute Gasteiger partial charge is 0.417 e. The zero-order valence-corrected chi connectivity index (χ0v) is 21.6. The number of aromatic nitrogens is 2. The molecule has 0 aliphatic carbocycles. The minimum atomic E-state index is -1.21. The van der Waals surface area contributed by atoms with Gasteiger partial charge in [0.25, 0.3) is 0 Å². The first-order chi connectivity index (χ1) is 16.9. The molecule has 0 bridgehead atoms. The molecule has 0 saturated carbocycles. The number of carbonyl (C=O) groups excluding carboxylic acids is 2.